The van der Waals surface area contributed by atoms with Gasteiger partial charge in [-0.25, -0.2) is 0 Å². The average molecular weight is 268 g/mol. The van der Waals surface area contributed by atoms with Crippen molar-refractivity contribution in [2.24, 2.45) is 5.92 Å². The van der Waals surface area contributed by atoms with Crippen molar-refractivity contribution in [1.29, 1.82) is 0 Å². The van der Waals surface area contributed by atoms with Gasteiger partial charge in [-0.1, -0.05) is 55.0 Å². The minimum atomic E-state index is 0.547. The Morgan fingerprint density at radius 1 is 1.20 bits per heavy atom. The molecule has 0 aliphatic carbocycles. The van der Waals surface area contributed by atoms with Gasteiger partial charge in [-0.05, 0) is 69.2 Å². The smallest absolute Gasteiger partial charge is 0.0191 e. The van der Waals surface area contributed by atoms with Crippen LogP contribution in [0.5, 0.6) is 0 Å². The van der Waals surface area contributed by atoms with Gasteiger partial charge in [0, 0.05) is 0 Å². The monoisotopic (exact) mass is 268 g/mol. The fourth-order valence-corrected chi connectivity index (χ4v) is 2.34. The minimum Gasteiger partial charge on any atom is -0.0985 e. The molecule has 1 unspecified atom stereocenters. The quantitative estimate of drug-likeness (QED) is 0.571. The van der Waals surface area contributed by atoms with Crippen LogP contribution in [0.4, 0.5) is 0 Å². The first-order chi connectivity index (χ1) is 9.38. The van der Waals surface area contributed by atoms with Gasteiger partial charge >= 0.3 is 0 Å². The molecule has 20 heavy (non-hydrogen) atoms. The van der Waals surface area contributed by atoms with E-state index in [0.717, 1.165) is 6.42 Å². The first-order valence-corrected chi connectivity index (χ1v) is 7.42. The second-order valence-corrected chi connectivity index (χ2v) is 5.87. The maximum atomic E-state index is 3.95. The lowest BCUT2D eigenvalue weighted by atomic mass is 9.89. The van der Waals surface area contributed by atoms with Crippen molar-refractivity contribution < 1.29 is 0 Å². The molecule has 0 aliphatic rings. The van der Waals surface area contributed by atoms with E-state index >= 15 is 0 Å². The summed E-state index contributed by atoms with van der Waals surface area (Å²) in [5, 5.41) is 0. The third-order valence-corrected chi connectivity index (χ3v) is 4.19. The van der Waals surface area contributed by atoms with Crippen molar-refractivity contribution >= 4 is 6.08 Å². The summed E-state index contributed by atoms with van der Waals surface area (Å²) in [6.45, 7) is 17.1. The molecular formula is C20H28. The fourth-order valence-electron chi connectivity index (χ4n) is 2.34. The molecule has 0 aliphatic heterocycles. The van der Waals surface area contributed by atoms with Gasteiger partial charge in [0.2, 0.25) is 0 Å². The van der Waals surface area contributed by atoms with Gasteiger partial charge in [-0.3, -0.25) is 0 Å². The fraction of sp³-hybridized carbons (Fsp3) is 0.400. The van der Waals surface area contributed by atoms with Crippen LogP contribution in [0.1, 0.15) is 49.9 Å². The van der Waals surface area contributed by atoms with Crippen LogP contribution in [-0.4, -0.2) is 0 Å². The second kappa shape index (κ2) is 7.28. The molecule has 0 amide bonds. The standard InChI is InChI=1S/C20H28/c1-8-14(3)10-15(4)17(6)12-20-13-18(7)16(5)11-19(20)9-2/h8-11,13,17H,2,12H2,1,3-7H3/b14-8-,15-10+. The van der Waals surface area contributed by atoms with E-state index in [1.807, 2.05) is 6.08 Å². The molecule has 0 aromatic heterocycles. The summed E-state index contributed by atoms with van der Waals surface area (Å²) >= 11 is 0. The van der Waals surface area contributed by atoms with E-state index < -0.39 is 0 Å². The van der Waals surface area contributed by atoms with Crippen LogP contribution in [0.3, 0.4) is 0 Å². The van der Waals surface area contributed by atoms with E-state index in [9.17, 15) is 0 Å². The molecule has 0 radical (unpaired) electrons. The van der Waals surface area contributed by atoms with Gasteiger partial charge in [0.25, 0.3) is 0 Å². The molecule has 1 rings (SSSR count). The Kier molecular flexibility index (Phi) is 6.01. The lowest BCUT2D eigenvalue weighted by Crippen LogP contribution is -2.04. The predicted molar refractivity (Wildman–Crippen MR) is 92.1 cm³/mol. The minimum absolute atomic E-state index is 0.547. The van der Waals surface area contributed by atoms with E-state index in [2.05, 4.69) is 72.4 Å². The molecule has 1 aromatic carbocycles. The maximum Gasteiger partial charge on any atom is -0.0191 e. The van der Waals surface area contributed by atoms with Crippen LogP contribution < -0.4 is 0 Å². The maximum absolute atomic E-state index is 3.95. The highest BCUT2D eigenvalue weighted by Crippen LogP contribution is 2.23. The molecule has 0 heterocycles. The summed E-state index contributed by atoms with van der Waals surface area (Å²) in [5.41, 5.74) is 8.15. The number of hydrogen-bond donors (Lipinski definition) is 0. The second-order valence-electron chi connectivity index (χ2n) is 5.87. The van der Waals surface area contributed by atoms with E-state index in [1.54, 1.807) is 0 Å². The number of allylic oxidation sites excluding steroid dienone is 4. The zero-order valence-electron chi connectivity index (χ0n) is 13.9. The average Bonchev–Trinajstić information content (AvgIpc) is 2.42. The Morgan fingerprint density at radius 2 is 1.80 bits per heavy atom. The molecule has 1 atom stereocenters. The first-order valence-electron chi connectivity index (χ1n) is 7.42. The molecule has 0 nitrogen and oxygen atoms in total. The zero-order valence-corrected chi connectivity index (χ0v) is 13.9. The first kappa shape index (κ1) is 16.5. The molecule has 0 saturated heterocycles. The van der Waals surface area contributed by atoms with Crippen molar-refractivity contribution in [2.45, 2.75) is 48.0 Å². The molecule has 0 spiro atoms. The molecule has 108 valence electrons. The highest BCUT2D eigenvalue weighted by atomic mass is 14.1. The van der Waals surface area contributed by atoms with Gasteiger partial charge in [-0.2, -0.15) is 0 Å². The van der Waals surface area contributed by atoms with E-state index in [-0.39, 0.29) is 0 Å². The zero-order chi connectivity index (χ0) is 15.3. The molecular weight excluding hydrogens is 240 g/mol. The Morgan fingerprint density at radius 3 is 2.35 bits per heavy atom. The van der Waals surface area contributed by atoms with Gasteiger partial charge in [0.15, 0.2) is 0 Å². The van der Waals surface area contributed by atoms with E-state index in [1.165, 1.54) is 33.4 Å². The summed E-state index contributed by atoms with van der Waals surface area (Å²) in [5.74, 6) is 0.547. The molecule has 0 N–H and O–H groups in total. The Bertz CT molecular complexity index is 541. The Balaban J connectivity index is 3.01. The van der Waals surface area contributed by atoms with Gasteiger partial charge < -0.3 is 0 Å². The molecule has 0 heteroatoms. The van der Waals surface area contributed by atoms with Gasteiger partial charge in [-0.15, -0.1) is 0 Å². The number of rotatable bonds is 5. The summed E-state index contributed by atoms with van der Waals surface area (Å²) in [4.78, 5) is 0. The molecule has 0 saturated carbocycles. The summed E-state index contributed by atoms with van der Waals surface area (Å²) in [6.07, 6.45) is 7.49. The lowest BCUT2D eigenvalue weighted by molar-refractivity contribution is 0.675. The Hall–Kier alpha value is -1.56. The third kappa shape index (κ3) is 4.23. The molecule has 0 fully saturated rings. The normalized spacial score (nSPS) is 14.3. The van der Waals surface area contributed by atoms with Crippen LogP contribution in [-0.2, 0) is 6.42 Å². The predicted octanol–water partition coefficient (Wildman–Crippen LogP) is 6.04. The van der Waals surface area contributed by atoms with Crippen LogP contribution >= 0.6 is 0 Å². The van der Waals surface area contributed by atoms with Crippen LogP contribution in [0.25, 0.3) is 6.08 Å². The lowest BCUT2D eigenvalue weighted by Gasteiger charge is -2.16. The van der Waals surface area contributed by atoms with E-state index in [0.29, 0.717) is 5.92 Å². The largest absolute Gasteiger partial charge is 0.0985 e. The Labute approximate surface area is 124 Å². The molecule has 1 aromatic rings. The highest BCUT2D eigenvalue weighted by molar-refractivity contribution is 5.55. The van der Waals surface area contributed by atoms with Crippen molar-refractivity contribution in [2.75, 3.05) is 0 Å². The highest BCUT2D eigenvalue weighted by Gasteiger charge is 2.10. The van der Waals surface area contributed by atoms with Crippen molar-refractivity contribution in [1.82, 2.24) is 0 Å². The van der Waals surface area contributed by atoms with Crippen LogP contribution in [0, 0.1) is 19.8 Å². The molecule has 0 bridgehead atoms. The van der Waals surface area contributed by atoms with E-state index in [4.69, 9.17) is 0 Å². The van der Waals surface area contributed by atoms with Gasteiger partial charge in [0.05, 0.1) is 0 Å². The van der Waals surface area contributed by atoms with Crippen LogP contribution in [0.2, 0.25) is 0 Å². The van der Waals surface area contributed by atoms with Crippen molar-refractivity contribution in [3.63, 3.8) is 0 Å². The third-order valence-electron chi connectivity index (χ3n) is 4.19. The summed E-state index contributed by atoms with van der Waals surface area (Å²) < 4.78 is 0. The number of hydrogen-bond acceptors (Lipinski definition) is 0. The van der Waals surface area contributed by atoms with Crippen LogP contribution in [0.15, 0.2) is 42.0 Å². The van der Waals surface area contributed by atoms with Gasteiger partial charge in [0.1, 0.15) is 0 Å². The summed E-state index contributed by atoms with van der Waals surface area (Å²) in [7, 11) is 0. The SMILES string of the molecule is C=Cc1cc(C)c(C)cc1CC(C)/C(C)=C/C(C)=C\C. The number of benzene rings is 1. The van der Waals surface area contributed by atoms with Crippen molar-refractivity contribution in [3.8, 4) is 0 Å². The summed E-state index contributed by atoms with van der Waals surface area (Å²) in [6, 6.07) is 4.57. The number of aryl methyl sites for hydroxylation is 2. The topological polar surface area (TPSA) is 0 Å². The van der Waals surface area contributed by atoms with Crippen molar-refractivity contribution in [3.05, 3.63) is 64.3 Å².